The Balaban J connectivity index is 1.30. The second-order valence-electron chi connectivity index (χ2n) is 8.40. The topological polar surface area (TPSA) is 98.1 Å². The van der Waals surface area contributed by atoms with Crippen LogP contribution in [0, 0.1) is 0 Å². The number of fused-ring (bicyclic) bond motifs is 1. The van der Waals surface area contributed by atoms with Gasteiger partial charge in [-0.05, 0) is 75.2 Å². The number of rotatable bonds is 7. The van der Waals surface area contributed by atoms with Crippen LogP contribution >= 0.6 is 0 Å². The number of nitrogens with one attached hydrogen (secondary N) is 2. The fourth-order valence-electron chi connectivity index (χ4n) is 3.83. The Kier molecular flexibility index (Phi) is 7.02. The van der Waals surface area contributed by atoms with Gasteiger partial charge in [0.1, 0.15) is 11.6 Å². The summed E-state index contributed by atoms with van der Waals surface area (Å²) in [6.45, 7) is 4.69. The van der Waals surface area contributed by atoms with E-state index in [9.17, 15) is 9.59 Å². The molecule has 0 aliphatic carbocycles. The van der Waals surface area contributed by atoms with Gasteiger partial charge < -0.3 is 19.9 Å². The maximum absolute atomic E-state index is 12.3. The lowest BCUT2D eigenvalue weighted by atomic mass is 10.2. The molecule has 4 rings (SSSR count). The summed E-state index contributed by atoms with van der Waals surface area (Å²) in [7, 11) is 0. The minimum atomic E-state index is -0.316. The maximum Gasteiger partial charge on any atom is 0.251 e. The van der Waals surface area contributed by atoms with Crippen LogP contribution in [0.25, 0.3) is 11.4 Å². The summed E-state index contributed by atoms with van der Waals surface area (Å²) in [6.07, 6.45) is 4.52. The molecule has 0 fully saturated rings. The first-order valence-electron chi connectivity index (χ1n) is 11.4. The van der Waals surface area contributed by atoms with Gasteiger partial charge in [-0.2, -0.15) is 0 Å². The fourth-order valence-corrected chi connectivity index (χ4v) is 3.83. The van der Waals surface area contributed by atoms with Crippen LogP contribution in [0.4, 0.5) is 5.69 Å². The quantitative estimate of drug-likeness (QED) is 0.574. The molecular weight excluding hydrogens is 418 g/mol. The highest BCUT2D eigenvalue weighted by atomic mass is 16.5. The van der Waals surface area contributed by atoms with E-state index in [1.807, 2.05) is 38.1 Å². The van der Waals surface area contributed by atoms with Gasteiger partial charge >= 0.3 is 0 Å². The molecule has 1 aliphatic heterocycles. The van der Waals surface area contributed by atoms with Crippen molar-refractivity contribution in [3.05, 3.63) is 59.9 Å². The first-order chi connectivity index (χ1) is 16.0. The second kappa shape index (κ2) is 10.3. The summed E-state index contributed by atoms with van der Waals surface area (Å²) in [5, 5.41) is 14.2. The summed E-state index contributed by atoms with van der Waals surface area (Å²) < 4.78 is 7.77. The van der Waals surface area contributed by atoms with Crippen LogP contribution < -0.4 is 15.4 Å². The second-order valence-corrected chi connectivity index (χ2v) is 8.40. The summed E-state index contributed by atoms with van der Waals surface area (Å²) in [4.78, 5) is 24.6. The van der Waals surface area contributed by atoms with Crippen LogP contribution in [0.3, 0.4) is 0 Å². The molecule has 0 unspecified atom stereocenters. The lowest BCUT2D eigenvalue weighted by Crippen LogP contribution is -2.32. The minimum Gasteiger partial charge on any atom is -0.491 e. The molecule has 8 nitrogen and oxygen atoms in total. The number of aromatic nitrogens is 3. The van der Waals surface area contributed by atoms with E-state index in [0.29, 0.717) is 17.0 Å². The Morgan fingerprint density at radius 2 is 1.76 bits per heavy atom. The monoisotopic (exact) mass is 447 g/mol. The Bertz CT molecular complexity index is 1100. The van der Waals surface area contributed by atoms with Gasteiger partial charge in [-0.3, -0.25) is 9.59 Å². The number of anilines is 1. The largest absolute Gasteiger partial charge is 0.491 e. The Labute approximate surface area is 193 Å². The Morgan fingerprint density at radius 3 is 2.48 bits per heavy atom. The van der Waals surface area contributed by atoms with E-state index in [0.717, 1.165) is 43.0 Å². The van der Waals surface area contributed by atoms with E-state index >= 15 is 0 Å². The highest BCUT2D eigenvalue weighted by Crippen LogP contribution is 2.24. The lowest BCUT2D eigenvalue weighted by Gasteiger charge is -2.11. The van der Waals surface area contributed by atoms with Crippen molar-refractivity contribution >= 4 is 17.5 Å². The smallest absolute Gasteiger partial charge is 0.251 e. The van der Waals surface area contributed by atoms with Gasteiger partial charge in [0.25, 0.3) is 5.91 Å². The van der Waals surface area contributed by atoms with Crippen LogP contribution in [0.5, 0.6) is 5.75 Å². The van der Waals surface area contributed by atoms with Crippen LogP contribution in [0.15, 0.2) is 48.5 Å². The van der Waals surface area contributed by atoms with E-state index < -0.39 is 0 Å². The summed E-state index contributed by atoms with van der Waals surface area (Å²) in [6, 6.07) is 14.4. The number of benzene rings is 2. The van der Waals surface area contributed by atoms with Crippen molar-refractivity contribution in [2.24, 2.45) is 0 Å². The molecule has 1 aromatic heterocycles. The average Bonchev–Trinajstić information content (AvgIpc) is 3.06. The van der Waals surface area contributed by atoms with Crippen molar-refractivity contribution in [1.82, 2.24) is 20.1 Å². The Morgan fingerprint density at radius 1 is 1.00 bits per heavy atom. The molecule has 3 aromatic rings. The van der Waals surface area contributed by atoms with Crippen LogP contribution in [0.1, 0.15) is 49.3 Å². The SMILES string of the molecule is CC(C)Oc1ccc(C(=O)NCC(=O)Nc2ccc(-c3nnc4n3CCCCC4)cc2)cc1. The van der Waals surface area contributed by atoms with Crippen molar-refractivity contribution < 1.29 is 14.3 Å². The van der Waals surface area contributed by atoms with E-state index in [2.05, 4.69) is 25.4 Å². The number of aryl methyl sites for hydroxylation is 1. The number of amides is 2. The molecule has 0 bridgehead atoms. The molecule has 0 saturated heterocycles. The highest BCUT2D eigenvalue weighted by Gasteiger charge is 2.16. The number of ether oxygens (including phenoxy) is 1. The molecule has 8 heteroatoms. The van der Waals surface area contributed by atoms with Gasteiger partial charge in [-0.25, -0.2) is 0 Å². The molecule has 0 atom stereocenters. The number of hydrogen-bond donors (Lipinski definition) is 2. The van der Waals surface area contributed by atoms with Gasteiger partial charge in [0.15, 0.2) is 5.82 Å². The third kappa shape index (κ3) is 5.77. The first-order valence-corrected chi connectivity index (χ1v) is 11.4. The van der Waals surface area contributed by atoms with Crippen molar-refractivity contribution in [2.45, 2.75) is 52.2 Å². The summed E-state index contributed by atoms with van der Waals surface area (Å²) in [5.74, 6) is 1.99. The van der Waals surface area contributed by atoms with E-state index in [1.54, 1.807) is 24.3 Å². The molecule has 33 heavy (non-hydrogen) atoms. The molecule has 172 valence electrons. The van der Waals surface area contributed by atoms with Crippen molar-refractivity contribution in [3.8, 4) is 17.1 Å². The van der Waals surface area contributed by atoms with Gasteiger partial charge in [-0.15, -0.1) is 10.2 Å². The summed E-state index contributed by atoms with van der Waals surface area (Å²) in [5.41, 5.74) is 2.09. The number of carbonyl (C=O) groups is 2. The first kappa shape index (κ1) is 22.5. The van der Waals surface area contributed by atoms with E-state index in [4.69, 9.17) is 4.74 Å². The van der Waals surface area contributed by atoms with Gasteiger partial charge in [0.05, 0.1) is 12.6 Å². The number of carbonyl (C=O) groups excluding carboxylic acids is 2. The normalized spacial score (nSPS) is 13.2. The zero-order chi connectivity index (χ0) is 23.2. The summed E-state index contributed by atoms with van der Waals surface area (Å²) >= 11 is 0. The van der Waals surface area contributed by atoms with Crippen LogP contribution in [0.2, 0.25) is 0 Å². The van der Waals surface area contributed by atoms with Gasteiger partial charge in [0.2, 0.25) is 5.91 Å². The van der Waals surface area contributed by atoms with E-state index in [1.165, 1.54) is 6.42 Å². The predicted octanol–water partition coefficient (Wildman–Crippen LogP) is 3.83. The minimum absolute atomic E-state index is 0.0636. The van der Waals surface area contributed by atoms with Gasteiger partial charge in [-0.1, -0.05) is 6.42 Å². The average molecular weight is 448 g/mol. The number of hydrogen-bond acceptors (Lipinski definition) is 5. The molecule has 2 amide bonds. The molecule has 0 spiro atoms. The highest BCUT2D eigenvalue weighted by molar-refractivity contribution is 5.99. The molecule has 0 saturated carbocycles. The molecule has 0 radical (unpaired) electrons. The van der Waals surface area contributed by atoms with Crippen molar-refractivity contribution in [2.75, 3.05) is 11.9 Å². The maximum atomic E-state index is 12.3. The molecule has 2 N–H and O–H groups in total. The van der Waals surface area contributed by atoms with Crippen LogP contribution in [-0.4, -0.2) is 39.2 Å². The predicted molar refractivity (Wildman–Crippen MR) is 126 cm³/mol. The molecule has 1 aliphatic rings. The Hall–Kier alpha value is -3.68. The molecule has 2 heterocycles. The van der Waals surface area contributed by atoms with Gasteiger partial charge in [0, 0.05) is 29.8 Å². The zero-order valence-electron chi connectivity index (χ0n) is 19.0. The standard InChI is InChI=1S/C25H29N5O3/c1-17(2)33-21-13-9-19(10-14-21)25(32)26-16-23(31)27-20-11-7-18(8-12-20)24-29-28-22-6-4-3-5-15-30(22)24/h7-14,17H,3-6,15-16H2,1-2H3,(H,26,32)(H,27,31). The van der Waals surface area contributed by atoms with E-state index in [-0.39, 0.29) is 24.5 Å². The third-order valence-corrected chi connectivity index (χ3v) is 5.43. The number of nitrogens with zero attached hydrogens (tertiary/aromatic N) is 3. The molecular formula is C25H29N5O3. The molecule has 2 aromatic carbocycles. The van der Waals surface area contributed by atoms with Crippen molar-refractivity contribution in [3.63, 3.8) is 0 Å². The lowest BCUT2D eigenvalue weighted by molar-refractivity contribution is -0.115. The fraction of sp³-hybridized carbons (Fsp3) is 0.360. The van der Waals surface area contributed by atoms with Crippen LogP contribution in [-0.2, 0) is 17.8 Å². The zero-order valence-corrected chi connectivity index (χ0v) is 19.0. The third-order valence-electron chi connectivity index (χ3n) is 5.43. The van der Waals surface area contributed by atoms with Crippen molar-refractivity contribution in [1.29, 1.82) is 0 Å².